The molecule has 0 heterocycles. The number of carbonyl (C=O) groups is 2. The van der Waals surface area contributed by atoms with Crippen LogP contribution in [-0.4, -0.2) is 48.7 Å². The molecule has 0 fully saturated rings. The third kappa shape index (κ3) is 5.44. The van der Waals surface area contributed by atoms with Gasteiger partial charge in [-0.15, -0.1) is 0 Å². The molecule has 0 aromatic carbocycles. The van der Waals surface area contributed by atoms with Gasteiger partial charge in [-0.2, -0.15) is 8.78 Å². The summed E-state index contributed by atoms with van der Waals surface area (Å²) in [5, 5.41) is 2.39. The van der Waals surface area contributed by atoms with Crippen molar-refractivity contribution in [2.24, 2.45) is 0 Å². The van der Waals surface area contributed by atoms with Crippen LogP contribution in [0.1, 0.15) is 26.7 Å². The zero-order valence-electron chi connectivity index (χ0n) is 10.9. The lowest BCUT2D eigenvalue weighted by molar-refractivity contribution is -0.181. The van der Waals surface area contributed by atoms with Gasteiger partial charge in [0.15, 0.2) is 0 Å². The molecule has 0 spiro atoms. The number of rotatable bonds is 8. The number of halogens is 4. The van der Waals surface area contributed by atoms with Crippen LogP contribution in [0.3, 0.4) is 0 Å². The number of nitrogens with one attached hydrogen (secondary N) is 1. The Morgan fingerprint density at radius 3 is 2.21 bits per heavy atom. The molecule has 0 aliphatic rings. The molecule has 1 N–H and O–H groups in total. The second kappa shape index (κ2) is 7.96. The Hall–Kier alpha value is -1.34. The fourth-order valence-corrected chi connectivity index (χ4v) is 1.32. The summed E-state index contributed by atoms with van der Waals surface area (Å²) in [4.78, 5) is 23.1. The van der Waals surface area contributed by atoms with Crippen molar-refractivity contribution in [1.29, 1.82) is 0 Å². The molecule has 0 aliphatic heterocycles. The van der Waals surface area contributed by atoms with Crippen molar-refractivity contribution < 1.29 is 27.2 Å². The average molecular weight is 286 g/mol. The molecular formula is C11H18F4N2O2. The molecule has 0 rings (SSSR count). The maximum Gasteiger partial charge on any atom is 0.383 e. The van der Waals surface area contributed by atoms with Gasteiger partial charge in [0.25, 0.3) is 5.91 Å². The maximum atomic E-state index is 12.9. The number of alkyl halides is 4. The predicted molar refractivity (Wildman–Crippen MR) is 61.1 cm³/mol. The molecule has 0 radical (unpaired) electrons. The van der Waals surface area contributed by atoms with E-state index in [-0.39, 0.29) is 13.0 Å². The lowest BCUT2D eigenvalue weighted by Gasteiger charge is -2.25. The summed E-state index contributed by atoms with van der Waals surface area (Å²) in [6, 6.07) is 0. The minimum atomic E-state index is -4.76. The molecule has 0 atom stereocenters. The van der Waals surface area contributed by atoms with Gasteiger partial charge in [0.05, 0.1) is 6.54 Å². The third-order valence-corrected chi connectivity index (χ3v) is 2.25. The Morgan fingerprint density at radius 1 is 1.21 bits per heavy atom. The summed E-state index contributed by atoms with van der Waals surface area (Å²) in [6.07, 6.45) is -3.16. The average Bonchev–Trinajstić information content (AvgIpc) is 2.34. The van der Waals surface area contributed by atoms with E-state index in [0.717, 1.165) is 0 Å². The largest absolute Gasteiger partial charge is 0.383 e. The molecule has 8 heteroatoms. The van der Waals surface area contributed by atoms with Crippen molar-refractivity contribution in [1.82, 2.24) is 10.2 Å². The Balaban J connectivity index is 4.72. The van der Waals surface area contributed by atoms with Gasteiger partial charge in [-0.3, -0.25) is 9.59 Å². The molecule has 0 aromatic heterocycles. The molecule has 0 bridgehead atoms. The van der Waals surface area contributed by atoms with Crippen LogP contribution >= 0.6 is 0 Å². The van der Waals surface area contributed by atoms with E-state index in [1.54, 1.807) is 13.8 Å². The second-order valence-electron chi connectivity index (χ2n) is 4.00. The first kappa shape index (κ1) is 17.7. The fraction of sp³-hybridized carbons (Fsp3) is 0.818. The van der Waals surface area contributed by atoms with E-state index in [9.17, 15) is 27.2 Å². The minimum absolute atomic E-state index is 0.180. The van der Waals surface area contributed by atoms with E-state index in [4.69, 9.17) is 0 Å². The molecule has 0 aliphatic carbocycles. The standard InChI is InChI=1S/C11H18F4N2O2/c1-3-5-16-8(18)7-17(6-4-2)10(19)11(14,15)9(12)13/h9H,3-7H2,1-2H3,(H,16,18). The van der Waals surface area contributed by atoms with Crippen molar-refractivity contribution in [2.75, 3.05) is 19.6 Å². The quantitative estimate of drug-likeness (QED) is 0.690. The normalized spacial score (nSPS) is 11.5. The van der Waals surface area contributed by atoms with E-state index < -0.39 is 30.7 Å². The zero-order chi connectivity index (χ0) is 15.1. The fourth-order valence-electron chi connectivity index (χ4n) is 1.32. The zero-order valence-corrected chi connectivity index (χ0v) is 10.9. The summed E-state index contributed by atoms with van der Waals surface area (Å²) in [6.45, 7) is 2.89. The lowest BCUT2D eigenvalue weighted by atomic mass is 10.2. The molecule has 112 valence electrons. The highest BCUT2D eigenvalue weighted by Crippen LogP contribution is 2.25. The van der Waals surface area contributed by atoms with Gasteiger partial charge in [0.1, 0.15) is 0 Å². The first-order valence-electron chi connectivity index (χ1n) is 5.99. The summed E-state index contributed by atoms with van der Waals surface area (Å²) in [5.74, 6) is -7.43. The van der Waals surface area contributed by atoms with E-state index in [0.29, 0.717) is 17.9 Å². The van der Waals surface area contributed by atoms with Crippen LogP contribution in [0.25, 0.3) is 0 Å². The van der Waals surface area contributed by atoms with Crippen molar-refractivity contribution in [2.45, 2.75) is 39.0 Å². The van der Waals surface area contributed by atoms with E-state index in [1.807, 2.05) is 0 Å². The van der Waals surface area contributed by atoms with Crippen LogP contribution in [0.2, 0.25) is 0 Å². The highest BCUT2D eigenvalue weighted by molar-refractivity contribution is 5.88. The Kier molecular flexibility index (Phi) is 7.40. The number of hydrogen-bond acceptors (Lipinski definition) is 2. The summed E-state index contributed by atoms with van der Waals surface area (Å²) in [5.41, 5.74) is 0. The maximum absolute atomic E-state index is 12.9. The molecule has 0 aromatic rings. The Bertz CT molecular complexity index is 311. The number of nitrogens with zero attached hydrogens (tertiary/aromatic N) is 1. The van der Waals surface area contributed by atoms with Crippen molar-refractivity contribution in [3.63, 3.8) is 0 Å². The molecule has 2 amide bonds. The van der Waals surface area contributed by atoms with Crippen molar-refractivity contribution in [3.8, 4) is 0 Å². The first-order chi connectivity index (χ1) is 8.77. The molecular weight excluding hydrogens is 268 g/mol. The highest BCUT2D eigenvalue weighted by Gasteiger charge is 2.51. The van der Waals surface area contributed by atoms with Crippen LogP contribution in [-0.2, 0) is 9.59 Å². The summed E-state index contributed by atoms with van der Waals surface area (Å²) in [7, 11) is 0. The van der Waals surface area contributed by atoms with Gasteiger partial charge in [-0.25, -0.2) is 8.78 Å². The molecule has 0 unspecified atom stereocenters. The second-order valence-corrected chi connectivity index (χ2v) is 4.00. The minimum Gasteiger partial charge on any atom is -0.355 e. The van der Waals surface area contributed by atoms with Gasteiger partial charge in [0, 0.05) is 13.1 Å². The summed E-state index contributed by atoms with van der Waals surface area (Å²) >= 11 is 0. The number of hydrogen-bond donors (Lipinski definition) is 1. The Labute approximate surface area is 109 Å². The van der Waals surface area contributed by atoms with Gasteiger partial charge in [0.2, 0.25) is 5.91 Å². The highest BCUT2D eigenvalue weighted by atomic mass is 19.3. The van der Waals surface area contributed by atoms with Crippen LogP contribution in [0.4, 0.5) is 17.6 Å². The van der Waals surface area contributed by atoms with Gasteiger partial charge in [-0.05, 0) is 12.8 Å². The third-order valence-electron chi connectivity index (χ3n) is 2.25. The van der Waals surface area contributed by atoms with Gasteiger partial charge in [-0.1, -0.05) is 13.8 Å². The molecule has 0 saturated heterocycles. The smallest absolute Gasteiger partial charge is 0.355 e. The number of amides is 2. The molecule has 0 saturated carbocycles. The predicted octanol–water partition coefficient (Wildman–Crippen LogP) is 1.65. The first-order valence-corrected chi connectivity index (χ1v) is 5.99. The van der Waals surface area contributed by atoms with Crippen LogP contribution < -0.4 is 5.32 Å². The van der Waals surface area contributed by atoms with E-state index in [2.05, 4.69) is 5.32 Å². The van der Waals surface area contributed by atoms with Gasteiger partial charge < -0.3 is 10.2 Å². The Morgan fingerprint density at radius 2 is 1.79 bits per heavy atom. The number of carbonyl (C=O) groups excluding carboxylic acids is 2. The van der Waals surface area contributed by atoms with Crippen molar-refractivity contribution >= 4 is 11.8 Å². The van der Waals surface area contributed by atoms with E-state index >= 15 is 0 Å². The van der Waals surface area contributed by atoms with Crippen LogP contribution in [0, 0.1) is 0 Å². The topological polar surface area (TPSA) is 49.4 Å². The van der Waals surface area contributed by atoms with Crippen LogP contribution in [0.15, 0.2) is 0 Å². The van der Waals surface area contributed by atoms with E-state index in [1.165, 1.54) is 0 Å². The SMILES string of the molecule is CCCNC(=O)CN(CCC)C(=O)C(F)(F)C(F)F. The van der Waals surface area contributed by atoms with Crippen molar-refractivity contribution in [3.05, 3.63) is 0 Å². The van der Waals surface area contributed by atoms with Crippen LogP contribution in [0.5, 0.6) is 0 Å². The van der Waals surface area contributed by atoms with Gasteiger partial charge >= 0.3 is 12.3 Å². The monoisotopic (exact) mass is 286 g/mol. The summed E-state index contributed by atoms with van der Waals surface area (Å²) < 4.78 is 50.1. The lowest BCUT2D eigenvalue weighted by Crippen LogP contribution is -2.51. The molecule has 4 nitrogen and oxygen atoms in total. The molecule has 19 heavy (non-hydrogen) atoms.